The minimum atomic E-state index is -0.358. The summed E-state index contributed by atoms with van der Waals surface area (Å²) in [4.78, 5) is 15.8. The summed E-state index contributed by atoms with van der Waals surface area (Å²) in [6, 6.07) is 0. The summed E-state index contributed by atoms with van der Waals surface area (Å²) in [5, 5.41) is 0.810. The molecule has 2 atom stereocenters. The van der Waals surface area contributed by atoms with Crippen LogP contribution >= 0.6 is 27.3 Å². The van der Waals surface area contributed by atoms with Gasteiger partial charge in [-0.25, -0.2) is 9.78 Å². The van der Waals surface area contributed by atoms with Crippen molar-refractivity contribution in [2.24, 2.45) is 0 Å². The third-order valence-corrected chi connectivity index (χ3v) is 4.47. The Morgan fingerprint density at radius 3 is 2.80 bits per heavy atom. The van der Waals surface area contributed by atoms with E-state index in [1.165, 1.54) is 24.6 Å². The number of thiazole rings is 1. The van der Waals surface area contributed by atoms with E-state index < -0.39 is 0 Å². The fraction of sp³-hybridized carbons (Fsp3) is 0.556. The van der Waals surface area contributed by atoms with Gasteiger partial charge in [0.2, 0.25) is 0 Å². The average molecular weight is 294 g/mol. The van der Waals surface area contributed by atoms with Crippen LogP contribution in [-0.2, 0) is 9.47 Å². The van der Waals surface area contributed by atoms with Gasteiger partial charge in [-0.05, 0) is 6.92 Å². The molecule has 2 unspecified atom stereocenters. The molecule has 0 fully saturated rings. The molecule has 0 spiro atoms. The maximum absolute atomic E-state index is 11.2. The first-order valence-corrected chi connectivity index (χ1v) is 6.04. The Hall–Kier alpha value is -0.460. The molecule has 0 aliphatic rings. The fourth-order valence-corrected chi connectivity index (χ4v) is 2.45. The summed E-state index contributed by atoms with van der Waals surface area (Å²) in [6.07, 6.45) is 1.52. The molecule has 84 valence electrons. The van der Waals surface area contributed by atoms with Crippen LogP contribution in [0, 0.1) is 0 Å². The van der Waals surface area contributed by atoms with Crippen LogP contribution in [0.15, 0.2) is 6.20 Å². The van der Waals surface area contributed by atoms with Gasteiger partial charge < -0.3 is 9.47 Å². The number of ether oxygens (including phenoxy) is 2. The number of aromatic nitrogens is 1. The van der Waals surface area contributed by atoms with Crippen molar-refractivity contribution < 1.29 is 14.3 Å². The number of methoxy groups -OCH3 is 2. The molecule has 15 heavy (non-hydrogen) atoms. The first-order chi connectivity index (χ1) is 7.10. The van der Waals surface area contributed by atoms with E-state index in [0.717, 1.165) is 5.01 Å². The van der Waals surface area contributed by atoms with Gasteiger partial charge in [-0.1, -0.05) is 15.9 Å². The summed E-state index contributed by atoms with van der Waals surface area (Å²) in [6.45, 7) is 1.93. The largest absolute Gasteiger partial charge is 0.465 e. The Morgan fingerprint density at radius 1 is 1.60 bits per heavy atom. The molecule has 4 nitrogen and oxygen atoms in total. The van der Waals surface area contributed by atoms with Gasteiger partial charge in [0.05, 0.1) is 24.2 Å². The maximum Gasteiger partial charge on any atom is 0.349 e. The molecule has 0 saturated heterocycles. The molecule has 1 rings (SSSR count). The molecule has 0 bridgehead atoms. The lowest BCUT2D eigenvalue weighted by atomic mass is 10.3. The van der Waals surface area contributed by atoms with Crippen molar-refractivity contribution in [3.63, 3.8) is 0 Å². The van der Waals surface area contributed by atoms with Gasteiger partial charge in [0.15, 0.2) is 0 Å². The number of carbonyl (C=O) groups excluding carboxylic acids is 1. The number of halogens is 1. The lowest BCUT2D eigenvalue weighted by molar-refractivity contribution is 0.0606. The molecule has 6 heteroatoms. The Bertz CT molecular complexity index is 342. The Morgan fingerprint density at radius 2 is 2.27 bits per heavy atom. The van der Waals surface area contributed by atoms with Crippen LogP contribution in [-0.4, -0.2) is 31.3 Å². The highest BCUT2D eigenvalue weighted by Gasteiger charge is 2.21. The molecule has 0 amide bonds. The number of alkyl halides is 1. The molecular weight excluding hydrogens is 282 g/mol. The summed E-state index contributed by atoms with van der Waals surface area (Å²) >= 11 is 4.77. The van der Waals surface area contributed by atoms with Gasteiger partial charge in [0, 0.05) is 7.11 Å². The third-order valence-electron chi connectivity index (χ3n) is 1.93. The van der Waals surface area contributed by atoms with Crippen LogP contribution in [0.3, 0.4) is 0 Å². The smallest absolute Gasteiger partial charge is 0.349 e. The van der Waals surface area contributed by atoms with Crippen LogP contribution in [0.4, 0.5) is 0 Å². The highest BCUT2D eigenvalue weighted by Crippen LogP contribution is 2.31. The topological polar surface area (TPSA) is 48.4 Å². The Labute approximate surface area is 101 Å². The van der Waals surface area contributed by atoms with E-state index in [0.29, 0.717) is 4.88 Å². The minimum Gasteiger partial charge on any atom is -0.465 e. The fourth-order valence-electron chi connectivity index (χ4n) is 0.930. The number of nitrogens with zero attached hydrogens (tertiary/aromatic N) is 1. The van der Waals surface area contributed by atoms with E-state index in [2.05, 4.69) is 25.7 Å². The van der Waals surface area contributed by atoms with Crippen LogP contribution in [0.1, 0.15) is 26.4 Å². The monoisotopic (exact) mass is 293 g/mol. The predicted octanol–water partition coefficient (Wildman–Crippen LogP) is 2.40. The molecule has 0 radical (unpaired) electrons. The SMILES string of the molecule is COC(=O)c1cnc(C(Br)C(C)OC)s1. The minimum absolute atomic E-state index is 0.00152. The van der Waals surface area contributed by atoms with Gasteiger partial charge in [-0.15, -0.1) is 11.3 Å². The molecule has 0 aromatic carbocycles. The molecule has 0 aliphatic heterocycles. The van der Waals surface area contributed by atoms with Crippen molar-refractivity contribution in [1.82, 2.24) is 4.98 Å². The van der Waals surface area contributed by atoms with Gasteiger partial charge in [0.1, 0.15) is 9.88 Å². The van der Waals surface area contributed by atoms with Gasteiger partial charge in [-0.3, -0.25) is 0 Å². The normalized spacial score (nSPS) is 14.7. The second-order valence-electron chi connectivity index (χ2n) is 2.90. The number of esters is 1. The van der Waals surface area contributed by atoms with Gasteiger partial charge in [-0.2, -0.15) is 0 Å². The van der Waals surface area contributed by atoms with Gasteiger partial charge in [0.25, 0.3) is 0 Å². The highest BCUT2D eigenvalue weighted by molar-refractivity contribution is 9.09. The van der Waals surface area contributed by atoms with Gasteiger partial charge >= 0.3 is 5.97 Å². The van der Waals surface area contributed by atoms with Crippen molar-refractivity contribution >= 4 is 33.2 Å². The summed E-state index contributed by atoms with van der Waals surface area (Å²) in [5.74, 6) is -0.358. The number of hydrogen-bond acceptors (Lipinski definition) is 5. The standard InChI is InChI=1S/C9H12BrNO3S/c1-5(13-2)7(10)8-11-4-6(15-8)9(12)14-3/h4-5,7H,1-3H3. The predicted molar refractivity (Wildman–Crippen MR) is 61.6 cm³/mol. The molecular formula is C9H12BrNO3S. The maximum atomic E-state index is 11.2. The van der Waals surface area contributed by atoms with Crippen LogP contribution in [0.25, 0.3) is 0 Å². The van der Waals surface area contributed by atoms with E-state index in [9.17, 15) is 4.79 Å². The molecule has 1 aromatic rings. The van der Waals surface area contributed by atoms with Crippen molar-refractivity contribution in [3.8, 4) is 0 Å². The second kappa shape index (κ2) is 5.58. The Kier molecular flexibility index (Phi) is 4.69. The first kappa shape index (κ1) is 12.6. The summed E-state index contributed by atoms with van der Waals surface area (Å²) in [5.41, 5.74) is 0. The summed E-state index contributed by atoms with van der Waals surface area (Å²) < 4.78 is 9.77. The molecule has 0 N–H and O–H groups in total. The number of carbonyl (C=O) groups is 1. The van der Waals surface area contributed by atoms with Crippen LogP contribution < -0.4 is 0 Å². The lowest BCUT2D eigenvalue weighted by Gasteiger charge is -2.13. The molecule has 1 aromatic heterocycles. The van der Waals surface area contributed by atoms with Crippen molar-refractivity contribution in [3.05, 3.63) is 16.1 Å². The lowest BCUT2D eigenvalue weighted by Crippen LogP contribution is -2.11. The zero-order valence-electron chi connectivity index (χ0n) is 8.69. The van der Waals surface area contributed by atoms with Crippen molar-refractivity contribution in [1.29, 1.82) is 0 Å². The van der Waals surface area contributed by atoms with Crippen molar-refractivity contribution in [2.75, 3.05) is 14.2 Å². The highest BCUT2D eigenvalue weighted by atomic mass is 79.9. The second-order valence-corrected chi connectivity index (χ2v) is 4.95. The first-order valence-electron chi connectivity index (χ1n) is 4.31. The Balaban J connectivity index is 2.79. The zero-order valence-corrected chi connectivity index (χ0v) is 11.1. The zero-order chi connectivity index (χ0) is 11.4. The van der Waals surface area contributed by atoms with Crippen LogP contribution in [0.5, 0.6) is 0 Å². The van der Waals surface area contributed by atoms with E-state index in [-0.39, 0.29) is 16.9 Å². The molecule has 0 saturated carbocycles. The quantitative estimate of drug-likeness (QED) is 0.632. The summed E-state index contributed by atoms with van der Waals surface area (Å²) in [7, 11) is 2.98. The average Bonchev–Trinajstić information content (AvgIpc) is 2.75. The van der Waals surface area contributed by atoms with E-state index in [1.54, 1.807) is 7.11 Å². The molecule has 1 heterocycles. The van der Waals surface area contributed by atoms with Crippen LogP contribution in [0.2, 0.25) is 0 Å². The van der Waals surface area contributed by atoms with E-state index in [1.807, 2.05) is 6.92 Å². The van der Waals surface area contributed by atoms with E-state index in [4.69, 9.17) is 4.74 Å². The van der Waals surface area contributed by atoms with Crippen molar-refractivity contribution in [2.45, 2.75) is 17.9 Å². The number of rotatable bonds is 4. The third kappa shape index (κ3) is 2.99. The van der Waals surface area contributed by atoms with E-state index >= 15 is 0 Å². The molecule has 0 aliphatic carbocycles. The number of hydrogen-bond donors (Lipinski definition) is 0.